The highest BCUT2D eigenvalue weighted by molar-refractivity contribution is 7.92. The van der Waals surface area contributed by atoms with Crippen LogP contribution < -0.4 is 9.46 Å². The van der Waals surface area contributed by atoms with Gasteiger partial charge in [0.15, 0.2) is 0 Å². The van der Waals surface area contributed by atoms with E-state index in [-0.39, 0.29) is 10.8 Å². The standard InChI is InChI=1S/C21H27N3O4S/c1-4-28-19-9-7-18(8-10-19)22-29(26,27)20-15-17(6-5-16(20)2)21(25)24-13-11-23(3)12-14-24/h5-10,15,22H,4,11-14H2,1-3H3. The molecule has 1 amide bonds. The van der Waals surface area contributed by atoms with Gasteiger partial charge < -0.3 is 14.5 Å². The molecule has 8 heteroatoms. The van der Waals surface area contributed by atoms with Gasteiger partial charge in [-0.15, -0.1) is 0 Å². The van der Waals surface area contributed by atoms with Crippen molar-refractivity contribution in [2.75, 3.05) is 44.6 Å². The molecule has 1 aliphatic heterocycles. The Labute approximate surface area is 172 Å². The molecule has 0 aliphatic carbocycles. The third-order valence-electron chi connectivity index (χ3n) is 4.93. The lowest BCUT2D eigenvalue weighted by atomic mass is 10.1. The van der Waals surface area contributed by atoms with Crippen molar-refractivity contribution >= 4 is 21.6 Å². The Morgan fingerprint density at radius 3 is 2.34 bits per heavy atom. The van der Waals surface area contributed by atoms with Gasteiger partial charge in [0.25, 0.3) is 15.9 Å². The van der Waals surface area contributed by atoms with Gasteiger partial charge in [0.05, 0.1) is 11.5 Å². The molecule has 0 spiro atoms. The number of piperazine rings is 1. The number of sulfonamides is 1. The average Bonchev–Trinajstić information content (AvgIpc) is 2.70. The summed E-state index contributed by atoms with van der Waals surface area (Å²) in [5, 5.41) is 0. The maximum absolute atomic E-state index is 13.0. The van der Waals surface area contributed by atoms with Crippen LogP contribution in [0.2, 0.25) is 0 Å². The number of aryl methyl sites for hydroxylation is 1. The van der Waals surface area contributed by atoms with Crippen LogP contribution in [-0.2, 0) is 10.0 Å². The Bertz CT molecular complexity index is 966. The molecule has 1 heterocycles. The summed E-state index contributed by atoms with van der Waals surface area (Å²) < 4.78 is 33.9. The second-order valence-electron chi connectivity index (χ2n) is 7.14. The van der Waals surface area contributed by atoms with E-state index in [0.717, 1.165) is 13.1 Å². The zero-order valence-electron chi connectivity index (χ0n) is 17.0. The normalized spacial score (nSPS) is 15.2. The minimum Gasteiger partial charge on any atom is -0.494 e. The van der Waals surface area contributed by atoms with Crippen molar-refractivity contribution in [3.05, 3.63) is 53.6 Å². The first kappa shape index (κ1) is 21.1. The van der Waals surface area contributed by atoms with E-state index in [1.165, 1.54) is 6.07 Å². The predicted molar refractivity (Wildman–Crippen MR) is 113 cm³/mol. The number of carbonyl (C=O) groups excluding carboxylic acids is 1. The molecule has 0 radical (unpaired) electrons. The fourth-order valence-corrected chi connectivity index (χ4v) is 4.54. The monoisotopic (exact) mass is 417 g/mol. The van der Waals surface area contributed by atoms with Gasteiger partial charge in [-0.05, 0) is 62.9 Å². The number of hydrogen-bond acceptors (Lipinski definition) is 5. The van der Waals surface area contributed by atoms with Crippen molar-refractivity contribution in [3.63, 3.8) is 0 Å². The molecule has 2 aromatic carbocycles. The Hall–Kier alpha value is -2.58. The molecule has 0 atom stereocenters. The van der Waals surface area contributed by atoms with Gasteiger partial charge in [0, 0.05) is 37.4 Å². The number of anilines is 1. The van der Waals surface area contributed by atoms with Gasteiger partial charge in [-0.2, -0.15) is 0 Å². The van der Waals surface area contributed by atoms with Crippen LogP contribution in [0, 0.1) is 6.92 Å². The second kappa shape index (κ2) is 8.84. The van der Waals surface area contributed by atoms with Crippen LogP contribution in [0.5, 0.6) is 5.75 Å². The number of carbonyl (C=O) groups is 1. The van der Waals surface area contributed by atoms with Gasteiger partial charge in [0.1, 0.15) is 5.75 Å². The topological polar surface area (TPSA) is 78.9 Å². The smallest absolute Gasteiger partial charge is 0.262 e. The van der Waals surface area contributed by atoms with Crippen LogP contribution in [0.25, 0.3) is 0 Å². The lowest BCUT2D eigenvalue weighted by molar-refractivity contribution is 0.0664. The van der Waals surface area contributed by atoms with E-state index in [1.54, 1.807) is 48.2 Å². The Kier molecular flexibility index (Phi) is 6.44. The van der Waals surface area contributed by atoms with Crippen LogP contribution in [0.1, 0.15) is 22.8 Å². The first-order valence-corrected chi connectivity index (χ1v) is 11.1. The van der Waals surface area contributed by atoms with Gasteiger partial charge in [-0.3, -0.25) is 9.52 Å². The third kappa shape index (κ3) is 5.07. The molecule has 1 saturated heterocycles. The van der Waals surface area contributed by atoms with Gasteiger partial charge in [-0.25, -0.2) is 8.42 Å². The largest absolute Gasteiger partial charge is 0.494 e. The summed E-state index contributed by atoms with van der Waals surface area (Å²) in [5.74, 6) is 0.530. The molecular formula is C21H27N3O4S. The molecule has 1 N–H and O–H groups in total. The molecule has 1 fully saturated rings. The molecule has 0 unspecified atom stereocenters. The summed E-state index contributed by atoms with van der Waals surface area (Å²) in [5.41, 5.74) is 1.40. The summed E-state index contributed by atoms with van der Waals surface area (Å²) >= 11 is 0. The van der Waals surface area contributed by atoms with E-state index in [0.29, 0.717) is 42.3 Å². The van der Waals surface area contributed by atoms with Crippen LogP contribution >= 0.6 is 0 Å². The van der Waals surface area contributed by atoms with E-state index in [2.05, 4.69) is 9.62 Å². The SMILES string of the molecule is CCOc1ccc(NS(=O)(=O)c2cc(C(=O)N3CCN(C)CC3)ccc2C)cc1. The van der Waals surface area contributed by atoms with Crippen LogP contribution in [0.4, 0.5) is 5.69 Å². The van der Waals surface area contributed by atoms with Crippen molar-refractivity contribution in [1.82, 2.24) is 9.80 Å². The van der Waals surface area contributed by atoms with Gasteiger partial charge in [-0.1, -0.05) is 6.07 Å². The fourth-order valence-electron chi connectivity index (χ4n) is 3.21. The van der Waals surface area contributed by atoms with E-state index in [1.807, 2.05) is 14.0 Å². The van der Waals surface area contributed by atoms with Crippen LogP contribution in [0.15, 0.2) is 47.4 Å². The van der Waals surface area contributed by atoms with Crippen LogP contribution in [-0.4, -0.2) is 64.0 Å². The van der Waals surface area contributed by atoms with E-state index in [4.69, 9.17) is 4.74 Å². The number of benzene rings is 2. The summed E-state index contributed by atoms with van der Waals surface area (Å²) in [7, 11) is -1.82. The number of likely N-dealkylation sites (N-methyl/N-ethyl adjacent to an activating group) is 1. The number of amides is 1. The first-order valence-electron chi connectivity index (χ1n) is 9.64. The zero-order chi connectivity index (χ0) is 21.0. The number of hydrogen-bond donors (Lipinski definition) is 1. The summed E-state index contributed by atoms with van der Waals surface area (Å²) in [6.07, 6.45) is 0. The summed E-state index contributed by atoms with van der Waals surface area (Å²) in [6, 6.07) is 11.5. The van der Waals surface area contributed by atoms with Crippen LogP contribution in [0.3, 0.4) is 0 Å². The number of nitrogens with zero attached hydrogens (tertiary/aromatic N) is 2. The van der Waals surface area contributed by atoms with Crippen molar-refractivity contribution in [2.24, 2.45) is 0 Å². The van der Waals surface area contributed by atoms with Gasteiger partial charge in [0.2, 0.25) is 0 Å². The first-order chi connectivity index (χ1) is 13.8. The highest BCUT2D eigenvalue weighted by Crippen LogP contribution is 2.23. The molecule has 0 saturated carbocycles. The van der Waals surface area contributed by atoms with Crippen molar-refractivity contribution in [3.8, 4) is 5.75 Å². The quantitative estimate of drug-likeness (QED) is 0.782. The van der Waals surface area contributed by atoms with E-state index < -0.39 is 10.0 Å². The maximum Gasteiger partial charge on any atom is 0.262 e. The lowest BCUT2D eigenvalue weighted by Crippen LogP contribution is -2.47. The van der Waals surface area contributed by atoms with Gasteiger partial charge >= 0.3 is 0 Å². The highest BCUT2D eigenvalue weighted by Gasteiger charge is 2.23. The number of ether oxygens (including phenoxy) is 1. The molecule has 7 nitrogen and oxygen atoms in total. The molecule has 0 bridgehead atoms. The lowest BCUT2D eigenvalue weighted by Gasteiger charge is -2.32. The third-order valence-corrected chi connectivity index (χ3v) is 6.46. The maximum atomic E-state index is 13.0. The minimum absolute atomic E-state index is 0.103. The van der Waals surface area contributed by atoms with Crippen molar-refractivity contribution in [2.45, 2.75) is 18.7 Å². The molecule has 0 aromatic heterocycles. The highest BCUT2D eigenvalue weighted by atomic mass is 32.2. The number of nitrogens with one attached hydrogen (secondary N) is 1. The fraction of sp³-hybridized carbons (Fsp3) is 0.381. The molecule has 156 valence electrons. The molecular weight excluding hydrogens is 390 g/mol. The Morgan fingerprint density at radius 1 is 1.07 bits per heavy atom. The minimum atomic E-state index is -3.83. The second-order valence-corrected chi connectivity index (χ2v) is 8.79. The molecule has 1 aliphatic rings. The summed E-state index contributed by atoms with van der Waals surface area (Å²) in [4.78, 5) is 16.9. The van der Waals surface area contributed by atoms with Crippen molar-refractivity contribution < 1.29 is 17.9 Å². The predicted octanol–water partition coefficient (Wildman–Crippen LogP) is 2.58. The van der Waals surface area contributed by atoms with Crippen molar-refractivity contribution in [1.29, 1.82) is 0 Å². The zero-order valence-corrected chi connectivity index (χ0v) is 17.8. The Morgan fingerprint density at radius 2 is 1.72 bits per heavy atom. The number of rotatable bonds is 6. The molecule has 3 rings (SSSR count). The molecule has 29 heavy (non-hydrogen) atoms. The van der Waals surface area contributed by atoms with E-state index in [9.17, 15) is 13.2 Å². The Balaban J connectivity index is 1.81. The summed E-state index contributed by atoms with van der Waals surface area (Å²) in [6.45, 7) is 7.03. The average molecular weight is 418 g/mol. The van der Waals surface area contributed by atoms with E-state index >= 15 is 0 Å². The molecule has 2 aromatic rings.